The van der Waals surface area contributed by atoms with Gasteiger partial charge in [0.05, 0.1) is 11.4 Å². The molecule has 29 heavy (non-hydrogen) atoms. The standard InChI is InChI=1S/C23H26FN3O2/c1-4-21-20(14-15-22(28)25-16(2)3)23(29-19-8-6-5-7-9-19)27(26-21)18-12-10-17(24)11-13-18/h5-13,16H,4,14-15H2,1-3H3,(H,25,28). The maximum Gasteiger partial charge on any atom is 0.226 e. The number of benzene rings is 2. The number of aryl methyl sites for hydroxylation is 1. The van der Waals surface area contributed by atoms with Crippen LogP contribution in [0, 0.1) is 5.82 Å². The van der Waals surface area contributed by atoms with Gasteiger partial charge in [-0.3, -0.25) is 4.79 Å². The van der Waals surface area contributed by atoms with Crippen molar-refractivity contribution in [2.45, 2.75) is 46.1 Å². The molecule has 0 aliphatic carbocycles. The number of halogens is 1. The Kier molecular flexibility index (Phi) is 6.65. The molecule has 0 bridgehead atoms. The molecule has 0 aliphatic rings. The fourth-order valence-corrected chi connectivity index (χ4v) is 3.11. The lowest BCUT2D eigenvalue weighted by Crippen LogP contribution is -2.30. The van der Waals surface area contributed by atoms with E-state index in [1.165, 1.54) is 12.1 Å². The second-order valence-electron chi connectivity index (χ2n) is 7.11. The Morgan fingerprint density at radius 2 is 1.83 bits per heavy atom. The van der Waals surface area contributed by atoms with Crippen LogP contribution >= 0.6 is 0 Å². The van der Waals surface area contributed by atoms with E-state index >= 15 is 0 Å². The Bertz CT molecular complexity index is 950. The van der Waals surface area contributed by atoms with Crippen LogP contribution in [0.15, 0.2) is 54.6 Å². The summed E-state index contributed by atoms with van der Waals surface area (Å²) in [6.07, 6.45) is 1.54. The number of para-hydroxylation sites is 1. The highest BCUT2D eigenvalue weighted by Gasteiger charge is 2.21. The van der Waals surface area contributed by atoms with Crippen molar-refractivity contribution >= 4 is 5.91 Å². The number of nitrogens with zero attached hydrogens (tertiary/aromatic N) is 2. The van der Waals surface area contributed by atoms with Crippen molar-refractivity contribution in [1.29, 1.82) is 0 Å². The predicted molar refractivity (Wildman–Crippen MR) is 111 cm³/mol. The van der Waals surface area contributed by atoms with E-state index in [-0.39, 0.29) is 17.8 Å². The summed E-state index contributed by atoms with van der Waals surface area (Å²) >= 11 is 0. The molecular formula is C23H26FN3O2. The summed E-state index contributed by atoms with van der Waals surface area (Å²) < 4.78 is 21.3. The van der Waals surface area contributed by atoms with Gasteiger partial charge in [-0.2, -0.15) is 5.10 Å². The number of ether oxygens (including phenoxy) is 1. The lowest BCUT2D eigenvalue weighted by atomic mass is 10.1. The summed E-state index contributed by atoms with van der Waals surface area (Å²) in [4.78, 5) is 12.2. The zero-order chi connectivity index (χ0) is 20.8. The number of aromatic nitrogens is 2. The molecule has 0 unspecified atom stereocenters. The molecule has 0 saturated carbocycles. The van der Waals surface area contributed by atoms with Crippen molar-refractivity contribution in [3.8, 4) is 17.3 Å². The SMILES string of the molecule is CCc1nn(-c2ccc(F)cc2)c(Oc2ccccc2)c1CCC(=O)NC(C)C. The first-order valence-corrected chi connectivity index (χ1v) is 9.87. The fourth-order valence-electron chi connectivity index (χ4n) is 3.11. The maximum atomic E-state index is 13.4. The van der Waals surface area contributed by atoms with Gasteiger partial charge >= 0.3 is 0 Å². The number of amides is 1. The van der Waals surface area contributed by atoms with Crippen molar-refractivity contribution in [2.75, 3.05) is 0 Å². The third-order valence-corrected chi connectivity index (χ3v) is 4.44. The van der Waals surface area contributed by atoms with Gasteiger partial charge in [-0.05, 0) is 63.1 Å². The molecule has 0 atom stereocenters. The Hall–Kier alpha value is -3.15. The molecule has 3 aromatic rings. The molecule has 0 fully saturated rings. The average molecular weight is 395 g/mol. The molecule has 152 valence electrons. The number of hydrogen-bond acceptors (Lipinski definition) is 3. The monoisotopic (exact) mass is 395 g/mol. The Morgan fingerprint density at radius 3 is 2.45 bits per heavy atom. The molecular weight excluding hydrogens is 369 g/mol. The minimum absolute atomic E-state index is 0.0118. The van der Waals surface area contributed by atoms with Crippen LogP contribution in [0.1, 0.15) is 38.4 Å². The summed E-state index contributed by atoms with van der Waals surface area (Å²) in [6, 6.07) is 15.6. The van der Waals surface area contributed by atoms with E-state index in [0.717, 1.165) is 11.3 Å². The number of nitrogens with one attached hydrogen (secondary N) is 1. The summed E-state index contributed by atoms with van der Waals surface area (Å²) in [6.45, 7) is 5.89. The average Bonchev–Trinajstić information content (AvgIpc) is 3.04. The van der Waals surface area contributed by atoms with Crippen LogP contribution in [0.3, 0.4) is 0 Å². The third kappa shape index (κ3) is 5.22. The highest BCUT2D eigenvalue weighted by atomic mass is 19.1. The van der Waals surface area contributed by atoms with E-state index in [9.17, 15) is 9.18 Å². The van der Waals surface area contributed by atoms with E-state index in [4.69, 9.17) is 9.84 Å². The quantitative estimate of drug-likeness (QED) is 0.595. The van der Waals surface area contributed by atoms with Crippen LogP contribution in [-0.2, 0) is 17.6 Å². The largest absolute Gasteiger partial charge is 0.439 e. The van der Waals surface area contributed by atoms with Crippen molar-refractivity contribution in [2.24, 2.45) is 0 Å². The minimum atomic E-state index is -0.312. The first kappa shape index (κ1) is 20.6. The predicted octanol–water partition coefficient (Wildman–Crippen LogP) is 4.82. The van der Waals surface area contributed by atoms with E-state index in [1.807, 2.05) is 51.1 Å². The molecule has 5 nitrogen and oxygen atoms in total. The van der Waals surface area contributed by atoms with Crippen molar-refractivity contribution in [3.05, 3.63) is 71.7 Å². The minimum Gasteiger partial charge on any atom is -0.439 e. The van der Waals surface area contributed by atoms with Crippen LogP contribution in [0.4, 0.5) is 4.39 Å². The van der Waals surface area contributed by atoms with Crippen molar-refractivity contribution < 1.29 is 13.9 Å². The summed E-state index contributed by atoms with van der Waals surface area (Å²) in [5, 5.41) is 7.62. The Morgan fingerprint density at radius 1 is 1.14 bits per heavy atom. The first-order valence-electron chi connectivity index (χ1n) is 9.87. The maximum absolute atomic E-state index is 13.4. The van der Waals surface area contributed by atoms with Crippen LogP contribution in [0.2, 0.25) is 0 Å². The van der Waals surface area contributed by atoms with Crippen LogP contribution in [0.5, 0.6) is 11.6 Å². The topological polar surface area (TPSA) is 56.2 Å². The summed E-state index contributed by atoms with van der Waals surface area (Å²) in [5.74, 6) is 0.901. The zero-order valence-corrected chi connectivity index (χ0v) is 17.0. The summed E-state index contributed by atoms with van der Waals surface area (Å²) in [7, 11) is 0. The molecule has 0 saturated heterocycles. The number of hydrogen-bond donors (Lipinski definition) is 1. The first-order chi connectivity index (χ1) is 14.0. The molecule has 1 aromatic heterocycles. The summed E-state index contributed by atoms with van der Waals surface area (Å²) in [5.41, 5.74) is 2.45. The van der Waals surface area contributed by atoms with Gasteiger partial charge in [-0.15, -0.1) is 0 Å². The Balaban J connectivity index is 2.00. The van der Waals surface area contributed by atoms with Crippen molar-refractivity contribution in [1.82, 2.24) is 15.1 Å². The lowest BCUT2D eigenvalue weighted by Gasteiger charge is -2.12. The normalized spacial score (nSPS) is 10.9. The molecule has 1 N–H and O–H groups in total. The van der Waals surface area contributed by atoms with Gasteiger partial charge in [-0.25, -0.2) is 9.07 Å². The number of carbonyl (C=O) groups excluding carboxylic acids is 1. The third-order valence-electron chi connectivity index (χ3n) is 4.44. The van der Waals surface area contributed by atoms with Gasteiger partial charge < -0.3 is 10.1 Å². The fraction of sp³-hybridized carbons (Fsp3) is 0.304. The number of rotatable bonds is 8. The van der Waals surface area contributed by atoms with Crippen molar-refractivity contribution in [3.63, 3.8) is 0 Å². The van der Waals surface area contributed by atoms with Crippen LogP contribution in [0.25, 0.3) is 5.69 Å². The highest BCUT2D eigenvalue weighted by molar-refractivity contribution is 5.76. The zero-order valence-electron chi connectivity index (χ0n) is 17.0. The second-order valence-corrected chi connectivity index (χ2v) is 7.11. The van der Waals surface area contributed by atoms with Gasteiger partial charge in [0.15, 0.2) is 0 Å². The molecule has 6 heteroatoms. The van der Waals surface area contributed by atoms with E-state index in [1.54, 1.807) is 16.8 Å². The smallest absolute Gasteiger partial charge is 0.226 e. The molecule has 3 rings (SSSR count). The van der Waals surface area contributed by atoms with E-state index in [2.05, 4.69) is 5.32 Å². The van der Waals surface area contributed by atoms with Gasteiger partial charge in [0.1, 0.15) is 11.6 Å². The van der Waals surface area contributed by atoms with Crippen LogP contribution < -0.4 is 10.1 Å². The molecule has 0 radical (unpaired) electrons. The molecule has 0 aliphatic heterocycles. The van der Waals surface area contributed by atoms with Gasteiger partial charge in [0.2, 0.25) is 11.8 Å². The van der Waals surface area contributed by atoms with E-state index < -0.39 is 0 Å². The lowest BCUT2D eigenvalue weighted by molar-refractivity contribution is -0.121. The van der Waals surface area contributed by atoms with Gasteiger partial charge in [-0.1, -0.05) is 25.1 Å². The highest BCUT2D eigenvalue weighted by Crippen LogP contribution is 2.32. The van der Waals surface area contributed by atoms with Crippen LogP contribution in [-0.4, -0.2) is 21.7 Å². The molecule has 1 amide bonds. The molecule has 2 aromatic carbocycles. The van der Waals surface area contributed by atoms with Gasteiger partial charge in [0, 0.05) is 18.0 Å². The van der Waals surface area contributed by atoms with Gasteiger partial charge in [0.25, 0.3) is 0 Å². The number of carbonyl (C=O) groups is 1. The second kappa shape index (κ2) is 9.37. The molecule has 0 spiro atoms. The Labute approximate surface area is 170 Å². The molecule has 1 heterocycles. The van der Waals surface area contributed by atoms with E-state index in [0.29, 0.717) is 36.6 Å².